The Balaban J connectivity index is 1.40. The average Bonchev–Trinajstić information content (AvgIpc) is 3.18. The van der Waals surface area contributed by atoms with Gasteiger partial charge in [-0.1, -0.05) is 6.07 Å². The minimum absolute atomic E-state index is 0.0107. The number of sulfone groups is 1. The number of halogens is 2. The molecule has 0 atom stereocenters. The topological polar surface area (TPSA) is 93.0 Å². The Morgan fingerprint density at radius 3 is 2.46 bits per heavy atom. The van der Waals surface area contributed by atoms with Crippen LogP contribution in [0, 0.1) is 18.6 Å². The van der Waals surface area contributed by atoms with E-state index in [2.05, 4.69) is 25.2 Å². The van der Waals surface area contributed by atoms with E-state index < -0.39 is 21.5 Å². The van der Waals surface area contributed by atoms with E-state index in [-0.39, 0.29) is 27.8 Å². The van der Waals surface area contributed by atoms with Gasteiger partial charge in [-0.25, -0.2) is 32.2 Å². The summed E-state index contributed by atoms with van der Waals surface area (Å²) >= 11 is 0. The number of pyridine rings is 1. The number of hydrogen-bond donors (Lipinski definition) is 1. The van der Waals surface area contributed by atoms with Crippen LogP contribution < -0.4 is 10.2 Å². The summed E-state index contributed by atoms with van der Waals surface area (Å²) in [5.41, 5.74) is 1.51. The maximum absolute atomic E-state index is 15.1. The summed E-state index contributed by atoms with van der Waals surface area (Å²) in [5, 5.41) is 2.95. The Bertz CT molecular complexity index is 1500. The molecule has 8 nitrogen and oxygen atoms in total. The van der Waals surface area contributed by atoms with Crippen LogP contribution in [0.2, 0.25) is 0 Å². The second kappa shape index (κ2) is 8.88. The number of nitrogens with one attached hydrogen (secondary N) is 1. The van der Waals surface area contributed by atoms with E-state index in [0.717, 1.165) is 49.6 Å². The molecule has 0 radical (unpaired) electrons. The molecule has 35 heavy (non-hydrogen) atoms. The van der Waals surface area contributed by atoms with E-state index in [0.29, 0.717) is 5.65 Å². The second-order valence-corrected chi connectivity index (χ2v) is 10.8. The summed E-state index contributed by atoms with van der Waals surface area (Å²) in [6, 6.07) is 7.59. The summed E-state index contributed by atoms with van der Waals surface area (Å²) in [6.07, 6.45) is 7.13. The van der Waals surface area contributed by atoms with Gasteiger partial charge in [-0.15, -0.1) is 0 Å². The number of benzene rings is 1. The highest BCUT2D eigenvalue weighted by Crippen LogP contribution is 2.33. The molecule has 1 saturated heterocycles. The lowest BCUT2D eigenvalue weighted by Gasteiger charge is -2.33. The minimum atomic E-state index is -3.55. The van der Waals surface area contributed by atoms with Gasteiger partial charge < -0.3 is 14.8 Å². The molecular weight excluding hydrogens is 474 g/mol. The van der Waals surface area contributed by atoms with Crippen molar-refractivity contribution in [2.24, 2.45) is 0 Å². The molecule has 5 rings (SSSR count). The monoisotopic (exact) mass is 498 g/mol. The molecule has 0 bridgehead atoms. The van der Waals surface area contributed by atoms with Crippen LogP contribution in [0.5, 0.6) is 0 Å². The lowest BCUT2D eigenvalue weighted by atomic mass is 10.0. The molecule has 1 fully saturated rings. The number of fused-ring (bicyclic) bond motifs is 1. The van der Waals surface area contributed by atoms with Gasteiger partial charge in [0.2, 0.25) is 0 Å². The molecule has 3 aromatic heterocycles. The zero-order valence-corrected chi connectivity index (χ0v) is 20.1. The van der Waals surface area contributed by atoms with Crippen molar-refractivity contribution in [3.63, 3.8) is 0 Å². The maximum Gasteiger partial charge on any atom is 0.175 e. The average molecular weight is 499 g/mol. The lowest BCUT2D eigenvalue weighted by Crippen LogP contribution is -2.35. The maximum atomic E-state index is 15.1. The van der Waals surface area contributed by atoms with Crippen molar-refractivity contribution in [3.05, 3.63) is 66.3 Å². The predicted octanol–water partition coefficient (Wildman–Crippen LogP) is 4.40. The molecule has 4 aromatic rings. The Morgan fingerprint density at radius 2 is 1.80 bits per heavy atom. The zero-order valence-electron chi connectivity index (χ0n) is 19.2. The summed E-state index contributed by atoms with van der Waals surface area (Å²) < 4.78 is 54.8. The molecule has 4 heterocycles. The van der Waals surface area contributed by atoms with Crippen molar-refractivity contribution in [3.8, 4) is 0 Å². The number of anilines is 3. The molecule has 11 heteroatoms. The van der Waals surface area contributed by atoms with Gasteiger partial charge in [0.25, 0.3) is 0 Å². The van der Waals surface area contributed by atoms with Crippen LogP contribution >= 0.6 is 0 Å². The van der Waals surface area contributed by atoms with Gasteiger partial charge in [0.1, 0.15) is 29.4 Å². The fourth-order valence-corrected chi connectivity index (χ4v) is 5.02. The van der Waals surface area contributed by atoms with Gasteiger partial charge in [0, 0.05) is 37.8 Å². The fraction of sp³-hybridized carbons (Fsp3) is 0.292. The van der Waals surface area contributed by atoms with Crippen molar-refractivity contribution in [2.45, 2.75) is 30.7 Å². The molecular formula is C24H24F2N6O2S. The fourth-order valence-electron chi connectivity index (χ4n) is 4.39. The van der Waals surface area contributed by atoms with Crippen LogP contribution in [-0.2, 0) is 9.84 Å². The van der Waals surface area contributed by atoms with Crippen LogP contribution in [0.15, 0.2) is 53.9 Å². The number of aryl methyl sites for hydroxylation is 1. The Morgan fingerprint density at radius 1 is 1.03 bits per heavy atom. The molecule has 1 aromatic carbocycles. The van der Waals surface area contributed by atoms with Crippen molar-refractivity contribution >= 4 is 38.2 Å². The Kier molecular flexibility index (Phi) is 5.87. The number of hydrogen-bond acceptors (Lipinski definition) is 7. The van der Waals surface area contributed by atoms with Gasteiger partial charge in [-0.05, 0) is 49.6 Å². The van der Waals surface area contributed by atoms with Gasteiger partial charge >= 0.3 is 0 Å². The molecule has 0 amide bonds. The van der Waals surface area contributed by atoms with Crippen molar-refractivity contribution in [1.82, 2.24) is 19.5 Å². The molecule has 0 unspecified atom stereocenters. The molecule has 182 valence electrons. The molecule has 1 N–H and O–H groups in total. The molecule has 1 aliphatic rings. The summed E-state index contributed by atoms with van der Waals surface area (Å²) in [5.74, 6) is -0.260. The first-order chi connectivity index (χ1) is 16.7. The third-order valence-electron chi connectivity index (χ3n) is 6.26. The van der Waals surface area contributed by atoms with Crippen LogP contribution in [0.1, 0.15) is 24.4 Å². The third kappa shape index (κ3) is 4.55. The predicted molar refractivity (Wildman–Crippen MR) is 130 cm³/mol. The number of nitrogens with zero attached hydrogens (tertiary/aromatic N) is 5. The molecule has 0 saturated carbocycles. The van der Waals surface area contributed by atoms with Gasteiger partial charge in [-0.3, -0.25) is 0 Å². The van der Waals surface area contributed by atoms with E-state index in [4.69, 9.17) is 0 Å². The van der Waals surface area contributed by atoms with Crippen molar-refractivity contribution in [2.75, 3.05) is 29.6 Å². The van der Waals surface area contributed by atoms with E-state index in [1.165, 1.54) is 24.7 Å². The largest absolute Gasteiger partial charge is 0.356 e. The van der Waals surface area contributed by atoms with Crippen LogP contribution in [0.4, 0.5) is 26.1 Å². The number of aromatic nitrogens is 4. The number of rotatable bonds is 5. The van der Waals surface area contributed by atoms with E-state index >= 15 is 4.39 Å². The second-order valence-electron chi connectivity index (χ2n) is 8.76. The summed E-state index contributed by atoms with van der Waals surface area (Å²) in [6.45, 7) is 3.55. The normalized spacial score (nSPS) is 15.0. The summed E-state index contributed by atoms with van der Waals surface area (Å²) in [7, 11) is -3.55. The summed E-state index contributed by atoms with van der Waals surface area (Å²) in [4.78, 5) is 15.0. The smallest absolute Gasteiger partial charge is 0.175 e. The molecule has 0 spiro atoms. The minimum Gasteiger partial charge on any atom is -0.356 e. The van der Waals surface area contributed by atoms with Gasteiger partial charge in [0.15, 0.2) is 15.7 Å². The lowest BCUT2D eigenvalue weighted by molar-refractivity contribution is 0.400. The highest BCUT2D eigenvalue weighted by atomic mass is 32.2. The quantitative estimate of drug-likeness (QED) is 0.436. The molecule has 0 aliphatic carbocycles. The van der Waals surface area contributed by atoms with E-state index in [9.17, 15) is 12.8 Å². The standard InChI is InChI=1S/C24H24F2N6O2S/c1-15-3-6-21(27-12-15)31-9-7-16(8-10-31)32-13-19(26)22-23(28-14-29-24(22)32)30-20-5-4-17(11-18(20)25)35(2,33)34/h3-6,11-14,16H,7-10H2,1-2H3,(H,28,29,30). The SMILES string of the molecule is Cc1ccc(N2CCC(n3cc(F)c4c(Nc5ccc(S(C)(=O)=O)cc5F)ncnc43)CC2)nc1. The first-order valence-electron chi connectivity index (χ1n) is 11.2. The number of piperidine rings is 1. The van der Waals surface area contributed by atoms with E-state index in [1.807, 2.05) is 29.8 Å². The van der Waals surface area contributed by atoms with Gasteiger partial charge in [0.05, 0.1) is 16.0 Å². The van der Waals surface area contributed by atoms with Gasteiger partial charge in [-0.2, -0.15) is 0 Å². The first-order valence-corrected chi connectivity index (χ1v) is 13.0. The van der Waals surface area contributed by atoms with Crippen molar-refractivity contribution in [1.29, 1.82) is 0 Å². The zero-order chi connectivity index (χ0) is 24.7. The highest BCUT2D eigenvalue weighted by Gasteiger charge is 2.25. The molecule has 1 aliphatic heterocycles. The Labute approximate surface area is 201 Å². The van der Waals surface area contributed by atoms with E-state index in [1.54, 1.807) is 0 Å². The first kappa shape index (κ1) is 23.2. The van der Waals surface area contributed by atoms with Crippen LogP contribution in [0.25, 0.3) is 11.0 Å². The highest BCUT2D eigenvalue weighted by molar-refractivity contribution is 7.90. The van der Waals surface area contributed by atoms with Crippen LogP contribution in [-0.4, -0.2) is 47.3 Å². The van der Waals surface area contributed by atoms with Crippen LogP contribution in [0.3, 0.4) is 0 Å². The van der Waals surface area contributed by atoms with Crippen molar-refractivity contribution < 1.29 is 17.2 Å². The third-order valence-corrected chi connectivity index (χ3v) is 7.37. The Hall–Kier alpha value is -3.60.